The number of nitrogens with zero attached hydrogens (tertiary/aromatic N) is 1. The summed E-state index contributed by atoms with van der Waals surface area (Å²) in [5, 5.41) is 3.83. The molecule has 0 aliphatic carbocycles. The molecule has 0 aromatic carbocycles. The maximum absolute atomic E-state index is 12.6. The fourth-order valence-corrected chi connectivity index (χ4v) is 2.75. The summed E-state index contributed by atoms with van der Waals surface area (Å²) >= 11 is 1.52. The van der Waals surface area contributed by atoms with E-state index >= 15 is 0 Å². The molecule has 0 saturated carbocycles. The molecule has 0 fully saturated rings. The van der Waals surface area contributed by atoms with E-state index in [1.165, 1.54) is 23.0 Å². The Morgan fingerprint density at radius 2 is 1.95 bits per heavy atom. The van der Waals surface area contributed by atoms with Gasteiger partial charge < -0.3 is 9.47 Å². The van der Waals surface area contributed by atoms with Crippen molar-refractivity contribution in [1.82, 2.24) is 4.57 Å². The molecule has 22 heavy (non-hydrogen) atoms. The van der Waals surface area contributed by atoms with E-state index in [9.17, 15) is 9.59 Å². The maximum atomic E-state index is 12.6. The minimum Gasteiger partial charge on any atom is -0.464 e. The zero-order chi connectivity index (χ0) is 16.5. The lowest BCUT2D eigenvalue weighted by Crippen LogP contribution is -2.29. The number of hydrogen-bond acceptors (Lipinski definition) is 5. The predicted octanol–water partition coefficient (Wildman–Crippen LogP) is 4.09. The van der Waals surface area contributed by atoms with Crippen LogP contribution in [0.2, 0.25) is 0 Å². The molecule has 0 bridgehead atoms. The van der Waals surface area contributed by atoms with Crippen molar-refractivity contribution >= 4 is 23.4 Å². The zero-order valence-corrected chi connectivity index (χ0v) is 14.1. The number of carbonyl (C=O) groups excluding carboxylic acids is 2. The van der Waals surface area contributed by atoms with Crippen LogP contribution in [0.3, 0.4) is 0 Å². The summed E-state index contributed by atoms with van der Waals surface area (Å²) in [7, 11) is 1.29. The van der Waals surface area contributed by atoms with Crippen LogP contribution in [0.25, 0.3) is 11.3 Å². The molecule has 118 valence electrons. The van der Waals surface area contributed by atoms with E-state index in [2.05, 4.69) is 0 Å². The Balaban J connectivity index is 2.61. The summed E-state index contributed by atoms with van der Waals surface area (Å²) < 4.78 is 11.5. The molecule has 0 amide bonds. The highest BCUT2D eigenvalue weighted by atomic mass is 32.1. The van der Waals surface area contributed by atoms with Crippen molar-refractivity contribution in [3.63, 3.8) is 0 Å². The lowest BCUT2D eigenvalue weighted by atomic mass is 10.2. The van der Waals surface area contributed by atoms with Gasteiger partial charge in [-0.15, -0.1) is 0 Å². The molecule has 5 nitrogen and oxygen atoms in total. The zero-order valence-electron chi connectivity index (χ0n) is 13.3. The van der Waals surface area contributed by atoms with Crippen molar-refractivity contribution in [3.05, 3.63) is 34.2 Å². The molecule has 0 N–H and O–H groups in total. The average molecular weight is 321 g/mol. The van der Waals surface area contributed by atoms with Crippen LogP contribution in [-0.2, 0) is 9.47 Å². The predicted molar refractivity (Wildman–Crippen MR) is 85.5 cm³/mol. The molecule has 2 aromatic heterocycles. The lowest BCUT2D eigenvalue weighted by Gasteiger charge is -2.21. The van der Waals surface area contributed by atoms with Gasteiger partial charge in [-0.25, -0.2) is 14.2 Å². The highest BCUT2D eigenvalue weighted by molar-refractivity contribution is 7.08. The largest absolute Gasteiger partial charge is 0.464 e. The van der Waals surface area contributed by atoms with Gasteiger partial charge >= 0.3 is 12.1 Å². The van der Waals surface area contributed by atoms with Crippen LogP contribution >= 0.6 is 11.3 Å². The number of ether oxygens (including phenoxy) is 2. The van der Waals surface area contributed by atoms with Crippen molar-refractivity contribution < 1.29 is 19.1 Å². The van der Waals surface area contributed by atoms with Gasteiger partial charge in [-0.05, 0) is 50.8 Å². The average Bonchev–Trinajstić information content (AvgIpc) is 3.02. The molecule has 0 atom stereocenters. The molecule has 0 aliphatic rings. The number of carbonyl (C=O) groups is 2. The van der Waals surface area contributed by atoms with Gasteiger partial charge in [-0.3, -0.25) is 0 Å². The Kier molecular flexibility index (Phi) is 4.42. The minimum atomic E-state index is -0.658. The second kappa shape index (κ2) is 5.96. The van der Waals surface area contributed by atoms with Crippen LogP contribution in [0.1, 0.15) is 36.8 Å². The van der Waals surface area contributed by atoms with Crippen LogP contribution in [0, 0.1) is 6.92 Å². The van der Waals surface area contributed by atoms with Gasteiger partial charge in [0.05, 0.1) is 12.8 Å². The van der Waals surface area contributed by atoms with E-state index in [1.807, 2.05) is 16.8 Å². The van der Waals surface area contributed by atoms with Crippen molar-refractivity contribution in [2.75, 3.05) is 7.11 Å². The Hall–Kier alpha value is -2.08. The summed E-state index contributed by atoms with van der Waals surface area (Å²) in [5.41, 5.74) is 1.67. The van der Waals surface area contributed by atoms with Crippen molar-refractivity contribution in [2.24, 2.45) is 0 Å². The summed E-state index contributed by atoms with van der Waals surface area (Å²) in [6, 6.07) is 3.68. The first-order valence-corrected chi connectivity index (χ1v) is 7.75. The number of aryl methyl sites for hydroxylation is 1. The van der Waals surface area contributed by atoms with E-state index in [0.29, 0.717) is 11.3 Å². The number of rotatable bonds is 2. The Labute approximate surface area is 133 Å². The lowest BCUT2D eigenvalue weighted by molar-refractivity contribution is 0.0485. The second-order valence-electron chi connectivity index (χ2n) is 5.88. The molecule has 0 unspecified atom stereocenters. The van der Waals surface area contributed by atoms with Crippen molar-refractivity contribution in [3.8, 4) is 11.3 Å². The number of esters is 1. The standard InChI is InChI=1S/C16H19NO4S/c1-10-8-12(11-6-7-22-9-11)17(13(10)14(18)20-5)15(19)21-16(2,3)4/h6-9H,1-5H3. The summed E-state index contributed by atoms with van der Waals surface area (Å²) in [6.45, 7) is 7.11. The molecule has 0 spiro atoms. The number of methoxy groups -OCH3 is 1. The minimum absolute atomic E-state index is 0.193. The third-order valence-corrected chi connectivity index (χ3v) is 3.65. The molecule has 2 rings (SSSR count). The number of thiophene rings is 1. The van der Waals surface area contributed by atoms with Crippen molar-refractivity contribution in [1.29, 1.82) is 0 Å². The van der Waals surface area contributed by atoms with E-state index < -0.39 is 17.7 Å². The van der Waals surface area contributed by atoms with Crippen LogP contribution in [0.4, 0.5) is 4.79 Å². The summed E-state index contributed by atoms with van der Waals surface area (Å²) in [4.78, 5) is 24.6. The topological polar surface area (TPSA) is 57.5 Å². The second-order valence-corrected chi connectivity index (χ2v) is 6.66. The molecular formula is C16H19NO4S. The molecule has 6 heteroatoms. The maximum Gasteiger partial charge on any atom is 0.419 e. The van der Waals surface area contributed by atoms with Crippen LogP contribution in [0.15, 0.2) is 22.9 Å². The molecule has 2 heterocycles. The van der Waals surface area contributed by atoms with E-state index in [1.54, 1.807) is 33.8 Å². The third-order valence-electron chi connectivity index (χ3n) is 2.96. The normalized spacial score (nSPS) is 11.3. The first kappa shape index (κ1) is 16.3. The number of hydrogen-bond donors (Lipinski definition) is 0. The van der Waals surface area contributed by atoms with Gasteiger partial charge in [0.25, 0.3) is 0 Å². The molecule has 0 aliphatic heterocycles. The van der Waals surface area contributed by atoms with Gasteiger partial charge in [0.1, 0.15) is 11.3 Å². The Morgan fingerprint density at radius 1 is 1.27 bits per heavy atom. The molecule has 0 saturated heterocycles. The van der Waals surface area contributed by atoms with Crippen LogP contribution in [0.5, 0.6) is 0 Å². The van der Waals surface area contributed by atoms with E-state index in [0.717, 1.165) is 5.56 Å². The molecule has 0 radical (unpaired) electrons. The Bertz CT molecular complexity index is 693. The summed E-state index contributed by atoms with van der Waals surface area (Å²) in [6.07, 6.45) is -0.595. The van der Waals surface area contributed by atoms with E-state index in [4.69, 9.17) is 9.47 Å². The smallest absolute Gasteiger partial charge is 0.419 e. The monoisotopic (exact) mass is 321 g/mol. The fourth-order valence-electron chi connectivity index (χ4n) is 2.10. The SMILES string of the molecule is COC(=O)c1c(C)cc(-c2ccsc2)n1C(=O)OC(C)(C)C. The first-order chi connectivity index (χ1) is 10.2. The quantitative estimate of drug-likeness (QED) is 0.782. The molecular weight excluding hydrogens is 302 g/mol. The van der Waals surface area contributed by atoms with Gasteiger partial charge in [0.2, 0.25) is 0 Å². The molecule has 2 aromatic rings. The van der Waals surface area contributed by atoms with Crippen LogP contribution in [-0.4, -0.2) is 29.3 Å². The highest BCUT2D eigenvalue weighted by Gasteiger charge is 2.28. The number of aromatic nitrogens is 1. The van der Waals surface area contributed by atoms with Gasteiger partial charge in [-0.1, -0.05) is 0 Å². The van der Waals surface area contributed by atoms with Gasteiger partial charge in [0, 0.05) is 10.9 Å². The van der Waals surface area contributed by atoms with Crippen molar-refractivity contribution in [2.45, 2.75) is 33.3 Å². The fraction of sp³-hybridized carbons (Fsp3) is 0.375. The van der Waals surface area contributed by atoms with Gasteiger partial charge in [0.15, 0.2) is 0 Å². The Morgan fingerprint density at radius 3 is 2.45 bits per heavy atom. The third kappa shape index (κ3) is 3.22. The summed E-state index contributed by atoms with van der Waals surface area (Å²) in [5.74, 6) is -0.565. The highest BCUT2D eigenvalue weighted by Crippen LogP contribution is 2.29. The first-order valence-electron chi connectivity index (χ1n) is 6.81. The van der Waals surface area contributed by atoms with Gasteiger partial charge in [-0.2, -0.15) is 11.3 Å². The van der Waals surface area contributed by atoms with E-state index in [-0.39, 0.29) is 5.69 Å². The van der Waals surface area contributed by atoms with Crippen LogP contribution < -0.4 is 0 Å².